The van der Waals surface area contributed by atoms with Gasteiger partial charge in [-0.25, -0.2) is 14.8 Å². The van der Waals surface area contributed by atoms with Crippen LogP contribution < -0.4 is 10.1 Å². The maximum Gasteiger partial charge on any atom is 0.334 e. The van der Waals surface area contributed by atoms with E-state index in [1.165, 1.54) is 14.9 Å². The summed E-state index contributed by atoms with van der Waals surface area (Å²) in [4.78, 5) is 54.2. The van der Waals surface area contributed by atoms with Crippen LogP contribution in [0.3, 0.4) is 0 Å². The van der Waals surface area contributed by atoms with Gasteiger partial charge in [0.05, 0.1) is 26.6 Å². The predicted octanol–water partition coefficient (Wildman–Crippen LogP) is 1.15. The third-order valence-electron chi connectivity index (χ3n) is 6.63. The summed E-state index contributed by atoms with van der Waals surface area (Å²) in [5.74, 6) is -1.31. The van der Waals surface area contributed by atoms with Crippen LogP contribution in [0.2, 0.25) is 0 Å². The van der Waals surface area contributed by atoms with Gasteiger partial charge in [-0.05, 0) is 29.7 Å². The summed E-state index contributed by atoms with van der Waals surface area (Å²) >= 11 is 0. The number of fused-ring (bicyclic) bond motifs is 1. The van der Waals surface area contributed by atoms with Gasteiger partial charge in [-0.2, -0.15) is 0 Å². The standard InChI is InChI=1S/C26H31N5O6/c1-28-17-23(32)30-21(14-24(33)34)25(35)29(13-12-18-6-4-3-5-7-18)16-22(30)31(28)26(36)27-15-19-8-10-20(37-2)11-9-19/h3-11,21-22H,12-17H2,1-2H3,(H,27,36)(H,33,34)/t21-,22-/m0/s1. The number of hydrogen-bond donors (Lipinski definition) is 2. The van der Waals surface area contributed by atoms with Crippen LogP contribution in [0.4, 0.5) is 4.79 Å². The van der Waals surface area contributed by atoms with Gasteiger partial charge in [0.1, 0.15) is 18.0 Å². The van der Waals surface area contributed by atoms with Crippen molar-refractivity contribution in [2.75, 3.05) is 33.8 Å². The number of nitrogens with one attached hydrogen (secondary N) is 1. The van der Waals surface area contributed by atoms with Gasteiger partial charge in [-0.1, -0.05) is 42.5 Å². The molecule has 37 heavy (non-hydrogen) atoms. The molecule has 4 rings (SSSR count). The highest BCUT2D eigenvalue weighted by Gasteiger charge is 2.51. The number of benzene rings is 2. The summed E-state index contributed by atoms with van der Waals surface area (Å²) in [7, 11) is 3.20. The molecular formula is C26H31N5O6. The van der Waals surface area contributed by atoms with Crippen LogP contribution >= 0.6 is 0 Å². The van der Waals surface area contributed by atoms with E-state index in [-0.39, 0.29) is 19.6 Å². The first-order chi connectivity index (χ1) is 17.8. The van der Waals surface area contributed by atoms with E-state index < -0.39 is 42.4 Å². The number of amides is 4. The largest absolute Gasteiger partial charge is 0.497 e. The molecule has 0 aliphatic carbocycles. The van der Waals surface area contributed by atoms with Crippen molar-refractivity contribution in [3.8, 4) is 5.75 Å². The zero-order valence-electron chi connectivity index (χ0n) is 20.9. The molecule has 11 nitrogen and oxygen atoms in total. The number of nitrogens with zero attached hydrogens (tertiary/aromatic N) is 4. The van der Waals surface area contributed by atoms with Crippen LogP contribution in [0.15, 0.2) is 54.6 Å². The summed E-state index contributed by atoms with van der Waals surface area (Å²) in [6.07, 6.45) is -0.805. The van der Waals surface area contributed by atoms with Crippen molar-refractivity contribution >= 4 is 23.8 Å². The maximum absolute atomic E-state index is 13.4. The molecule has 0 radical (unpaired) electrons. The van der Waals surface area contributed by atoms with Gasteiger partial charge in [0, 0.05) is 20.1 Å². The molecule has 2 fully saturated rings. The Bertz CT molecular complexity index is 1140. The van der Waals surface area contributed by atoms with Crippen molar-refractivity contribution in [3.05, 3.63) is 65.7 Å². The first kappa shape index (κ1) is 26.0. The Balaban J connectivity index is 1.55. The molecule has 2 aromatic rings. The van der Waals surface area contributed by atoms with Gasteiger partial charge in [-0.3, -0.25) is 14.4 Å². The van der Waals surface area contributed by atoms with Gasteiger partial charge in [-0.15, -0.1) is 0 Å². The zero-order valence-corrected chi connectivity index (χ0v) is 20.9. The summed E-state index contributed by atoms with van der Waals surface area (Å²) in [6, 6.07) is 15.2. The number of aliphatic carboxylic acids is 1. The fourth-order valence-corrected chi connectivity index (χ4v) is 4.78. The van der Waals surface area contributed by atoms with Crippen LogP contribution in [-0.4, -0.2) is 94.7 Å². The van der Waals surface area contributed by atoms with E-state index in [4.69, 9.17) is 4.74 Å². The summed E-state index contributed by atoms with van der Waals surface area (Å²) in [5.41, 5.74) is 1.88. The molecule has 2 N–H and O–H groups in total. The van der Waals surface area contributed by atoms with Crippen LogP contribution in [-0.2, 0) is 27.3 Å². The van der Waals surface area contributed by atoms with Gasteiger partial charge in [0.2, 0.25) is 11.8 Å². The number of piperazine rings is 1. The number of methoxy groups -OCH3 is 1. The van der Waals surface area contributed by atoms with E-state index in [1.54, 1.807) is 31.2 Å². The first-order valence-corrected chi connectivity index (χ1v) is 12.0. The molecule has 196 valence electrons. The molecular weight excluding hydrogens is 478 g/mol. The second-order valence-corrected chi connectivity index (χ2v) is 9.08. The molecule has 2 aliphatic rings. The van der Waals surface area contributed by atoms with E-state index in [0.717, 1.165) is 11.1 Å². The summed E-state index contributed by atoms with van der Waals surface area (Å²) in [6.45, 7) is 0.499. The SMILES string of the molecule is COc1ccc(CNC(=O)N2[C@H]3CN(CCc4ccccc4)C(=O)[C@H](CC(=O)O)N3C(=O)CN2C)cc1. The average molecular weight is 510 g/mol. The second-order valence-electron chi connectivity index (χ2n) is 9.08. The maximum atomic E-state index is 13.4. The van der Waals surface area contributed by atoms with Crippen molar-refractivity contribution < 1.29 is 29.0 Å². The van der Waals surface area contributed by atoms with Crippen molar-refractivity contribution in [2.45, 2.75) is 31.6 Å². The van der Waals surface area contributed by atoms with E-state index in [1.807, 2.05) is 42.5 Å². The summed E-state index contributed by atoms with van der Waals surface area (Å²) in [5, 5.41) is 15.3. The van der Waals surface area contributed by atoms with E-state index in [2.05, 4.69) is 5.32 Å². The second kappa shape index (κ2) is 11.3. The number of hydrazine groups is 1. The number of carbonyl (C=O) groups is 4. The molecule has 2 aliphatic heterocycles. The van der Waals surface area contributed by atoms with Crippen LogP contribution in [0.25, 0.3) is 0 Å². The van der Waals surface area contributed by atoms with Gasteiger partial charge in [0.25, 0.3) is 0 Å². The number of likely N-dealkylation sites (N-methyl/N-ethyl adjacent to an activating group) is 1. The Kier molecular flexibility index (Phi) is 7.92. The quantitative estimate of drug-likeness (QED) is 0.547. The molecule has 0 unspecified atom stereocenters. The Labute approximate surface area is 215 Å². The Morgan fingerprint density at radius 1 is 1.05 bits per heavy atom. The third-order valence-corrected chi connectivity index (χ3v) is 6.63. The number of carboxylic acid groups (broad SMARTS) is 1. The highest BCUT2D eigenvalue weighted by atomic mass is 16.5. The molecule has 0 saturated carbocycles. The van der Waals surface area contributed by atoms with E-state index in [0.29, 0.717) is 18.7 Å². The lowest BCUT2D eigenvalue weighted by Gasteiger charge is -2.54. The Morgan fingerprint density at radius 2 is 1.76 bits per heavy atom. The lowest BCUT2D eigenvalue weighted by atomic mass is 10.0. The Hall–Kier alpha value is -4.12. The normalized spacial score (nSPS) is 20.0. The molecule has 11 heteroatoms. The number of urea groups is 1. The van der Waals surface area contributed by atoms with Crippen LogP contribution in [0.5, 0.6) is 5.75 Å². The number of rotatable bonds is 8. The topological polar surface area (TPSA) is 123 Å². The first-order valence-electron chi connectivity index (χ1n) is 12.0. The predicted molar refractivity (Wildman–Crippen MR) is 133 cm³/mol. The minimum absolute atomic E-state index is 0.0772. The number of carbonyl (C=O) groups excluding carboxylic acids is 3. The molecule has 2 saturated heterocycles. The lowest BCUT2D eigenvalue weighted by molar-refractivity contribution is -0.188. The van der Waals surface area contributed by atoms with Crippen LogP contribution in [0, 0.1) is 0 Å². The molecule has 0 spiro atoms. The highest BCUT2D eigenvalue weighted by Crippen LogP contribution is 2.27. The fraction of sp³-hybridized carbons (Fsp3) is 0.385. The van der Waals surface area contributed by atoms with Gasteiger partial charge >= 0.3 is 12.0 Å². The minimum Gasteiger partial charge on any atom is -0.497 e. The van der Waals surface area contributed by atoms with Crippen molar-refractivity contribution in [3.63, 3.8) is 0 Å². The molecule has 4 amide bonds. The lowest BCUT2D eigenvalue weighted by Crippen LogP contribution is -2.76. The zero-order chi connectivity index (χ0) is 26.5. The van der Waals surface area contributed by atoms with Crippen molar-refractivity contribution in [1.29, 1.82) is 0 Å². The number of carboxylic acids is 1. The monoisotopic (exact) mass is 509 g/mol. The van der Waals surface area contributed by atoms with E-state index >= 15 is 0 Å². The Morgan fingerprint density at radius 3 is 2.41 bits per heavy atom. The van der Waals surface area contributed by atoms with Crippen molar-refractivity contribution in [1.82, 2.24) is 25.1 Å². The van der Waals surface area contributed by atoms with Gasteiger partial charge < -0.3 is 25.0 Å². The molecule has 2 aromatic carbocycles. The van der Waals surface area contributed by atoms with Crippen LogP contribution in [0.1, 0.15) is 17.5 Å². The molecule has 2 heterocycles. The van der Waals surface area contributed by atoms with Crippen molar-refractivity contribution in [2.24, 2.45) is 0 Å². The molecule has 0 bridgehead atoms. The summed E-state index contributed by atoms with van der Waals surface area (Å²) < 4.78 is 5.16. The fourth-order valence-electron chi connectivity index (χ4n) is 4.78. The smallest absolute Gasteiger partial charge is 0.334 e. The molecule has 0 aromatic heterocycles. The third kappa shape index (κ3) is 5.83. The molecule has 2 atom stereocenters. The average Bonchev–Trinajstić information content (AvgIpc) is 2.88. The number of hydrogen-bond acceptors (Lipinski definition) is 6. The minimum atomic E-state index is -1.19. The highest BCUT2D eigenvalue weighted by molar-refractivity contribution is 5.93. The number of ether oxygens (including phenoxy) is 1. The van der Waals surface area contributed by atoms with E-state index in [9.17, 15) is 24.3 Å². The van der Waals surface area contributed by atoms with Gasteiger partial charge in [0.15, 0.2) is 0 Å².